The molecule has 5 rings (SSSR count). The summed E-state index contributed by atoms with van der Waals surface area (Å²) in [5, 5.41) is 0. The van der Waals surface area contributed by atoms with E-state index in [4.69, 9.17) is 9.47 Å². The van der Waals surface area contributed by atoms with Crippen LogP contribution in [-0.2, 0) is 14.8 Å². The monoisotopic (exact) mass is 457 g/mol. The first-order chi connectivity index (χ1) is 15.5. The SMILES string of the molecule is O=C(C1CCN(S(=O)(=O)c2cccnc2)CC1)N1CCC[C@@H]1c1ccc2c(c1)OCCO2. The summed E-state index contributed by atoms with van der Waals surface area (Å²) in [6.07, 6.45) is 5.86. The number of fused-ring (bicyclic) bond motifs is 1. The van der Waals surface area contributed by atoms with Gasteiger partial charge >= 0.3 is 0 Å². The fraction of sp³-hybridized carbons (Fsp3) is 0.478. The van der Waals surface area contributed by atoms with Crippen LogP contribution in [0.15, 0.2) is 47.6 Å². The summed E-state index contributed by atoms with van der Waals surface area (Å²) in [6, 6.07) is 9.14. The maximum Gasteiger partial charge on any atom is 0.244 e. The van der Waals surface area contributed by atoms with Gasteiger partial charge < -0.3 is 14.4 Å². The van der Waals surface area contributed by atoms with Crippen molar-refractivity contribution in [2.45, 2.75) is 36.6 Å². The summed E-state index contributed by atoms with van der Waals surface area (Å²) in [5.41, 5.74) is 1.07. The second kappa shape index (κ2) is 8.71. The van der Waals surface area contributed by atoms with E-state index in [2.05, 4.69) is 4.98 Å². The number of aromatic nitrogens is 1. The molecule has 3 aliphatic heterocycles. The lowest BCUT2D eigenvalue weighted by atomic mass is 9.95. The molecule has 8 nitrogen and oxygen atoms in total. The van der Waals surface area contributed by atoms with E-state index in [1.54, 1.807) is 18.3 Å². The molecule has 0 spiro atoms. The minimum absolute atomic E-state index is 0.0236. The Morgan fingerprint density at radius 3 is 2.53 bits per heavy atom. The predicted molar refractivity (Wildman–Crippen MR) is 117 cm³/mol. The molecule has 2 fully saturated rings. The van der Waals surface area contributed by atoms with Gasteiger partial charge in [-0.15, -0.1) is 0 Å². The van der Waals surface area contributed by atoms with Gasteiger partial charge in [-0.1, -0.05) is 6.07 Å². The van der Waals surface area contributed by atoms with Crippen LogP contribution in [0.1, 0.15) is 37.3 Å². The van der Waals surface area contributed by atoms with E-state index in [-0.39, 0.29) is 22.8 Å². The van der Waals surface area contributed by atoms with Crippen LogP contribution < -0.4 is 9.47 Å². The Bertz CT molecular complexity index is 1080. The third kappa shape index (κ3) is 3.95. The Morgan fingerprint density at radius 1 is 1.00 bits per heavy atom. The van der Waals surface area contributed by atoms with Crippen molar-refractivity contribution in [3.8, 4) is 11.5 Å². The van der Waals surface area contributed by atoms with Crippen LogP contribution in [0.25, 0.3) is 0 Å². The summed E-state index contributed by atoms with van der Waals surface area (Å²) >= 11 is 0. The van der Waals surface area contributed by atoms with Gasteiger partial charge in [-0.05, 0) is 55.5 Å². The van der Waals surface area contributed by atoms with Crippen molar-refractivity contribution < 1.29 is 22.7 Å². The van der Waals surface area contributed by atoms with Gasteiger partial charge in [-0.3, -0.25) is 9.78 Å². The second-order valence-corrected chi connectivity index (χ2v) is 10.4. The third-order valence-corrected chi connectivity index (χ3v) is 8.44. The summed E-state index contributed by atoms with van der Waals surface area (Å²) in [6.45, 7) is 2.50. The molecule has 0 aliphatic carbocycles. The Labute approximate surface area is 188 Å². The molecule has 4 heterocycles. The van der Waals surface area contributed by atoms with Gasteiger partial charge in [0.25, 0.3) is 0 Å². The van der Waals surface area contributed by atoms with E-state index in [0.717, 1.165) is 36.4 Å². The molecule has 170 valence electrons. The molecular weight excluding hydrogens is 430 g/mol. The van der Waals surface area contributed by atoms with Crippen molar-refractivity contribution in [1.82, 2.24) is 14.2 Å². The molecular formula is C23H27N3O5S. The zero-order valence-corrected chi connectivity index (χ0v) is 18.7. The van der Waals surface area contributed by atoms with Gasteiger partial charge in [-0.25, -0.2) is 8.42 Å². The average Bonchev–Trinajstić information content (AvgIpc) is 3.34. The van der Waals surface area contributed by atoms with Crippen molar-refractivity contribution in [3.63, 3.8) is 0 Å². The van der Waals surface area contributed by atoms with Gasteiger partial charge in [0.2, 0.25) is 15.9 Å². The quantitative estimate of drug-likeness (QED) is 0.701. The van der Waals surface area contributed by atoms with Crippen LogP contribution in [-0.4, -0.2) is 61.4 Å². The maximum absolute atomic E-state index is 13.4. The highest BCUT2D eigenvalue weighted by atomic mass is 32.2. The minimum Gasteiger partial charge on any atom is -0.486 e. The molecule has 2 aromatic rings. The Hall–Kier alpha value is -2.65. The van der Waals surface area contributed by atoms with E-state index in [1.165, 1.54) is 10.5 Å². The number of piperidine rings is 1. The van der Waals surface area contributed by atoms with Crippen LogP contribution in [0, 0.1) is 5.92 Å². The van der Waals surface area contributed by atoms with E-state index in [9.17, 15) is 13.2 Å². The number of ether oxygens (including phenoxy) is 2. The highest BCUT2D eigenvalue weighted by Gasteiger charge is 2.38. The molecule has 0 radical (unpaired) electrons. The number of rotatable bonds is 4. The molecule has 32 heavy (non-hydrogen) atoms. The van der Waals surface area contributed by atoms with Crippen molar-refractivity contribution in [2.75, 3.05) is 32.8 Å². The summed E-state index contributed by atoms with van der Waals surface area (Å²) < 4.78 is 38.5. The number of pyridine rings is 1. The molecule has 1 atom stereocenters. The summed E-state index contributed by atoms with van der Waals surface area (Å²) in [7, 11) is -3.57. The Kier molecular flexibility index (Phi) is 5.77. The first-order valence-corrected chi connectivity index (χ1v) is 12.6. The lowest BCUT2D eigenvalue weighted by Gasteiger charge is -2.34. The highest BCUT2D eigenvalue weighted by Crippen LogP contribution is 2.39. The first kappa shape index (κ1) is 21.2. The molecule has 0 saturated carbocycles. The maximum atomic E-state index is 13.4. The zero-order valence-electron chi connectivity index (χ0n) is 17.9. The summed E-state index contributed by atoms with van der Waals surface area (Å²) in [5.74, 6) is 1.45. The van der Waals surface area contributed by atoms with Crippen LogP contribution in [0.3, 0.4) is 0 Å². The standard InChI is InChI=1S/C23H27N3O5S/c27-23(17-7-11-25(12-8-17)32(28,29)19-3-1-9-24-16-19)26-10-2-4-20(26)18-5-6-21-22(15-18)31-14-13-30-21/h1,3,5-6,9,15-17,20H,2,4,7-8,10-14H2/t20-/m1/s1. The van der Waals surface area contributed by atoms with Gasteiger partial charge in [0.05, 0.1) is 6.04 Å². The highest BCUT2D eigenvalue weighted by molar-refractivity contribution is 7.89. The number of nitrogens with zero attached hydrogens (tertiary/aromatic N) is 3. The van der Waals surface area contributed by atoms with Crippen molar-refractivity contribution in [2.24, 2.45) is 5.92 Å². The van der Waals surface area contributed by atoms with Crippen molar-refractivity contribution in [1.29, 1.82) is 0 Å². The van der Waals surface area contributed by atoms with E-state index < -0.39 is 10.0 Å². The second-order valence-electron chi connectivity index (χ2n) is 8.46. The number of hydrogen-bond acceptors (Lipinski definition) is 6. The molecule has 0 unspecified atom stereocenters. The molecule has 1 aromatic heterocycles. The number of benzene rings is 1. The van der Waals surface area contributed by atoms with E-state index in [1.807, 2.05) is 23.1 Å². The number of carbonyl (C=O) groups is 1. The number of carbonyl (C=O) groups excluding carboxylic acids is 1. The third-order valence-electron chi connectivity index (χ3n) is 6.56. The molecule has 1 aromatic carbocycles. The molecule has 9 heteroatoms. The smallest absolute Gasteiger partial charge is 0.244 e. The van der Waals surface area contributed by atoms with Crippen LogP contribution >= 0.6 is 0 Å². The molecule has 0 bridgehead atoms. The lowest BCUT2D eigenvalue weighted by Crippen LogP contribution is -2.44. The molecule has 3 aliphatic rings. The predicted octanol–water partition coefficient (Wildman–Crippen LogP) is 2.62. The van der Waals surface area contributed by atoms with Gasteiger partial charge in [0, 0.05) is 37.9 Å². The van der Waals surface area contributed by atoms with Crippen LogP contribution in [0.4, 0.5) is 0 Å². The van der Waals surface area contributed by atoms with Gasteiger partial charge in [-0.2, -0.15) is 4.31 Å². The number of sulfonamides is 1. The van der Waals surface area contributed by atoms with Gasteiger partial charge in [0.1, 0.15) is 18.1 Å². The molecule has 1 amide bonds. The minimum atomic E-state index is -3.57. The number of likely N-dealkylation sites (tertiary alicyclic amines) is 1. The van der Waals surface area contributed by atoms with Gasteiger partial charge in [0.15, 0.2) is 11.5 Å². The summed E-state index contributed by atoms with van der Waals surface area (Å²) in [4.78, 5) is 19.5. The normalized spacial score (nSPS) is 22.1. The van der Waals surface area contributed by atoms with Crippen LogP contribution in [0.5, 0.6) is 11.5 Å². The average molecular weight is 458 g/mol. The number of amides is 1. The topological polar surface area (TPSA) is 89.0 Å². The van der Waals surface area contributed by atoms with Crippen molar-refractivity contribution in [3.05, 3.63) is 48.3 Å². The largest absolute Gasteiger partial charge is 0.486 e. The molecule has 0 N–H and O–H groups in total. The van der Waals surface area contributed by atoms with E-state index in [0.29, 0.717) is 39.1 Å². The number of hydrogen-bond donors (Lipinski definition) is 0. The van der Waals surface area contributed by atoms with E-state index >= 15 is 0 Å². The van der Waals surface area contributed by atoms with Crippen LogP contribution in [0.2, 0.25) is 0 Å². The fourth-order valence-electron chi connectivity index (χ4n) is 4.87. The van der Waals surface area contributed by atoms with Crippen molar-refractivity contribution >= 4 is 15.9 Å². The lowest BCUT2D eigenvalue weighted by molar-refractivity contribution is -0.137. The zero-order chi connectivity index (χ0) is 22.1. The Morgan fingerprint density at radius 2 is 1.78 bits per heavy atom. The first-order valence-electron chi connectivity index (χ1n) is 11.1. The Balaban J connectivity index is 1.26. The molecule has 2 saturated heterocycles. The fourth-order valence-corrected chi connectivity index (χ4v) is 6.30.